The highest BCUT2D eigenvalue weighted by atomic mass is 35.5. The van der Waals surface area contributed by atoms with Crippen LogP contribution < -0.4 is 10.9 Å². The van der Waals surface area contributed by atoms with Crippen LogP contribution in [0.5, 0.6) is 0 Å². The largest absolute Gasteiger partial charge is 0.403 e. The molecule has 30 heavy (non-hydrogen) atoms. The van der Waals surface area contributed by atoms with Crippen molar-refractivity contribution in [2.24, 2.45) is 0 Å². The molecule has 4 aromatic rings. The van der Waals surface area contributed by atoms with Crippen molar-refractivity contribution in [1.29, 1.82) is 0 Å². The van der Waals surface area contributed by atoms with E-state index in [1.807, 2.05) is 30.3 Å². The molecule has 5 nitrogen and oxygen atoms in total. The van der Waals surface area contributed by atoms with Crippen LogP contribution in [0.1, 0.15) is 5.56 Å². The molecule has 1 heterocycles. The van der Waals surface area contributed by atoms with E-state index in [1.54, 1.807) is 42.5 Å². The fraction of sp³-hybridized carbons (Fsp3) is 0.0870. The van der Waals surface area contributed by atoms with Gasteiger partial charge in [-0.3, -0.25) is 4.79 Å². The number of benzene rings is 3. The molecule has 150 valence electrons. The number of anilines is 1. The Kier molecular flexibility index (Phi) is 6.16. The molecule has 0 aliphatic carbocycles. The number of halogens is 1. The van der Waals surface area contributed by atoms with Crippen LogP contribution in [-0.2, 0) is 10.5 Å². The maximum Gasteiger partial charge on any atom is 0.347 e. The fourth-order valence-electron chi connectivity index (χ4n) is 2.96. The second kappa shape index (κ2) is 9.15. The smallest absolute Gasteiger partial charge is 0.347 e. The topological polar surface area (TPSA) is 72.2 Å². The minimum Gasteiger partial charge on any atom is -0.403 e. The van der Waals surface area contributed by atoms with Crippen LogP contribution in [0, 0.1) is 0 Å². The predicted octanol–water partition coefficient (Wildman–Crippen LogP) is 5.38. The Bertz CT molecular complexity index is 1270. The molecule has 0 saturated carbocycles. The first-order valence-electron chi connectivity index (χ1n) is 9.21. The number of nitrogens with zero attached hydrogens (tertiary/aromatic N) is 1. The number of para-hydroxylation sites is 1. The van der Waals surface area contributed by atoms with Gasteiger partial charge in [-0.25, -0.2) is 9.78 Å². The van der Waals surface area contributed by atoms with Gasteiger partial charge in [0.1, 0.15) is 0 Å². The number of carbonyl (C=O) groups excluding carboxylic acids is 1. The standard InChI is InChI=1S/C23H17ClN2O3S/c24-17-7-3-5-15(11-17)13-30-14-21(27)25-18-8-4-6-16(12-18)22-26-20-10-2-1-9-19(20)23(28)29-22/h1-12H,13-14H2,(H,25,27). The monoisotopic (exact) mass is 436 g/mol. The molecule has 4 rings (SSSR count). The lowest BCUT2D eigenvalue weighted by Crippen LogP contribution is -2.14. The van der Waals surface area contributed by atoms with Gasteiger partial charge in [0.05, 0.1) is 16.7 Å². The molecule has 0 spiro atoms. The number of thioether (sulfide) groups is 1. The summed E-state index contributed by atoms with van der Waals surface area (Å²) in [7, 11) is 0. The van der Waals surface area contributed by atoms with Gasteiger partial charge >= 0.3 is 5.63 Å². The van der Waals surface area contributed by atoms with Crippen LogP contribution in [0.3, 0.4) is 0 Å². The lowest BCUT2D eigenvalue weighted by molar-refractivity contribution is -0.113. The summed E-state index contributed by atoms with van der Waals surface area (Å²) in [4.78, 5) is 28.9. The van der Waals surface area contributed by atoms with Crippen molar-refractivity contribution in [3.05, 3.63) is 93.8 Å². The summed E-state index contributed by atoms with van der Waals surface area (Å²) < 4.78 is 5.37. The van der Waals surface area contributed by atoms with E-state index < -0.39 is 5.63 Å². The zero-order valence-electron chi connectivity index (χ0n) is 15.8. The first-order chi connectivity index (χ1) is 14.6. The molecule has 1 amide bonds. The maximum absolute atomic E-state index is 12.3. The minimum absolute atomic E-state index is 0.118. The molecule has 7 heteroatoms. The van der Waals surface area contributed by atoms with E-state index in [0.717, 1.165) is 5.56 Å². The van der Waals surface area contributed by atoms with Crippen LogP contribution in [0.2, 0.25) is 5.02 Å². The van der Waals surface area contributed by atoms with E-state index in [2.05, 4.69) is 10.3 Å². The van der Waals surface area contributed by atoms with Crippen molar-refractivity contribution in [2.45, 2.75) is 5.75 Å². The Balaban J connectivity index is 1.43. The number of carbonyl (C=O) groups is 1. The van der Waals surface area contributed by atoms with Gasteiger partial charge in [-0.15, -0.1) is 11.8 Å². The molecule has 0 fully saturated rings. The van der Waals surface area contributed by atoms with Gasteiger partial charge in [0.25, 0.3) is 0 Å². The molecule has 1 N–H and O–H groups in total. The molecular weight excluding hydrogens is 420 g/mol. The molecule has 0 atom stereocenters. The summed E-state index contributed by atoms with van der Waals surface area (Å²) in [5.41, 5.74) is 2.42. The predicted molar refractivity (Wildman–Crippen MR) is 122 cm³/mol. The normalized spacial score (nSPS) is 10.8. The summed E-state index contributed by atoms with van der Waals surface area (Å²) >= 11 is 7.48. The van der Waals surface area contributed by atoms with Gasteiger partial charge in [0.15, 0.2) is 0 Å². The quantitative estimate of drug-likeness (QED) is 0.439. The highest BCUT2D eigenvalue weighted by molar-refractivity contribution is 7.99. The fourth-order valence-corrected chi connectivity index (χ4v) is 3.95. The van der Waals surface area contributed by atoms with Crippen molar-refractivity contribution in [2.75, 3.05) is 11.1 Å². The van der Waals surface area contributed by atoms with Crippen molar-refractivity contribution in [3.63, 3.8) is 0 Å². The molecule has 0 saturated heterocycles. The van der Waals surface area contributed by atoms with Crippen molar-refractivity contribution in [1.82, 2.24) is 4.98 Å². The molecular formula is C23H17ClN2O3S. The number of aromatic nitrogens is 1. The van der Waals surface area contributed by atoms with Gasteiger partial charge in [0, 0.05) is 22.0 Å². The number of rotatable bonds is 6. The van der Waals surface area contributed by atoms with Crippen molar-refractivity contribution < 1.29 is 9.21 Å². The Hall–Kier alpha value is -3.09. The summed E-state index contributed by atoms with van der Waals surface area (Å²) in [5, 5.41) is 3.98. The third kappa shape index (κ3) is 4.90. The van der Waals surface area contributed by atoms with Gasteiger partial charge in [-0.05, 0) is 48.0 Å². The number of fused-ring (bicyclic) bond motifs is 1. The Labute approximate surface area is 182 Å². The van der Waals surface area contributed by atoms with Crippen LogP contribution in [0.25, 0.3) is 22.4 Å². The SMILES string of the molecule is O=C(CSCc1cccc(Cl)c1)Nc1cccc(-c2nc3ccccc3c(=O)o2)c1. The molecule has 0 bridgehead atoms. The summed E-state index contributed by atoms with van der Waals surface area (Å²) in [6.07, 6.45) is 0. The Morgan fingerprint density at radius 2 is 1.87 bits per heavy atom. The average molecular weight is 437 g/mol. The molecule has 1 aromatic heterocycles. The number of nitrogens with one attached hydrogen (secondary N) is 1. The van der Waals surface area contributed by atoms with E-state index in [4.69, 9.17) is 16.0 Å². The van der Waals surface area contributed by atoms with E-state index >= 15 is 0 Å². The van der Waals surface area contributed by atoms with Crippen LogP contribution in [-0.4, -0.2) is 16.6 Å². The lowest BCUT2D eigenvalue weighted by atomic mass is 10.2. The number of hydrogen-bond acceptors (Lipinski definition) is 5. The van der Waals surface area contributed by atoms with E-state index in [1.165, 1.54) is 11.8 Å². The van der Waals surface area contributed by atoms with Crippen LogP contribution in [0.15, 0.2) is 82.0 Å². The average Bonchev–Trinajstić information content (AvgIpc) is 2.74. The third-order valence-corrected chi connectivity index (χ3v) is 5.56. The van der Waals surface area contributed by atoms with Crippen LogP contribution >= 0.6 is 23.4 Å². The molecule has 0 aliphatic heterocycles. The first kappa shape index (κ1) is 20.2. The van der Waals surface area contributed by atoms with Gasteiger partial charge in [-0.2, -0.15) is 0 Å². The van der Waals surface area contributed by atoms with Crippen LogP contribution in [0.4, 0.5) is 5.69 Å². The second-order valence-electron chi connectivity index (χ2n) is 6.58. The minimum atomic E-state index is -0.442. The molecule has 0 aliphatic rings. The van der Waals surface area contributed by atoms with Crippen molar-refractivity contribution >= 4 is 45.9 Å². The summed E-state index contributed by atoms with van der Waals surface area (Å²) in [5.74, 6) is 1.09. The zero-order chi connectivity index (χ0) is 20.9. The van der Waals surface area contributed by atoms with E-state index in [0.29, 0.717) is 38.7 Å². The highest BCUT2D eigenvalue weighted by Gasteiger charge is 2.10. The first-order valence-corrected chi connectivity index (χ1v) is 10.7. The highest BCUT2D eigenvalue weighted by Crippen LogP contribution is 2.22. The molecule has 0 radical (unpaired) electrons. The third-order valence-electron chi connectivity index (χ3n) is 4.32. The maximum atomic E-state index is 12.3. The van der Waals surface area contributed by atoms with Gasteiger partial charge < -0.3 is 9.73 Å². The Morgan fingerprint density at radius 1 is 1.03 bits per heavy atom. The molecule has 0 unspecified atom stereocenters. The number of amides is 1. The number of hydrogen-bond donors (Lipinski definition) is 1. The lowest BCUT2D eigenvalue weighted by Gasteiger charge is -2.07. The molecule has 3 aromatic carbocycles. The van der Waals surface area contributed by atoms with Gasteiger partial charge in [0.2, 0.25) is 11.8 Å². The van der Waals surface area contributed by atoms with Gasteiger partial charge in [-0.1, -0.05) is 41.9 Å². The summed E-state index contributed by atoms with van der Waals surface area (Å²) in [6, 6.07) is 21.7. The zero-order valence-corrected chi connectivity index (χ0v) is 17.4. The summed E-state index contributed by atoms with van der Waals surface area (Å²) in [6.45, 7) is 0. The second-order valence-corrected chi connectivity index (χ2v) is 8.00. The van der Waals surface area contributed by atoms with E-state index in [9.17, 15) is 9.59 Å². The Morgan fingerprint density at radius 3 is 2.73 bits per heavy atom. The van der Waals surface area contributed by atoms with Crippen molar-refractivity contribution in [3.8, 4) is 11.5 Å². The van der Waals surface area contributed by atoms with E-state index in [-0.39, 0.29) is 11.8 Å².